The molecule has 1 aliphatic heterocycles. The van der Waals surface area contributed by atoms with Crippen LogP contribution < -0.4 is 5.73 Å². The topological polar surface area (TPSA) is 102 Å². The van der Waals surface area contributed by atoms with Crippen LogP contribution in [-0.2, 0) is 16.6 Å². The highest BCUT2D eigenvalue weighted by Crippen LogP contribution is 2.26. The highest BCUT2D eigenvalue weighted by molar-refractivity contribution is 7.89. The highest BCUT2D eigenvalue weighted by Gasteiger charge is 2.27. The molecule has 0 amide bonds. The Morgan fingerprint density at radius 1 is 0.964 bits per heavy atom. The third-order valence-corrected chi connectivity index (χ3v) is 6.59. The zero-order valence-electron chi connectivity index (χ0n) is 15.1. The molecule has 4 rings (SSSR count). The van der Waals surface area contributed by atoms with Gasteiger partial charge in [-0.3, -0.25) is 0 Å². The highest BCUT2D eigenvalue weighted by atomic mass is 35.5. The van der Waals surface area contributed by atoms with E-state index in [1.54, 1.807) is 24.3 Å². The van der Waals surface area contributed by atoms with Gasteiger partial charge in [-0.2, -0.15) is 9.29 Å². The minimum Gasteiger partial charge on any atom is -0.334 e. The first-order chi connectivity index (χ1) is 13.1. The van der Waals surface area contributed by atoms with Crippen molar-refractivity contribution in [1.29, 1.82) is 0 Å². The Labute approximate surface area is 170 Å². The second kappa shape index (κ2) is 8.40. The molecular formula is C19H21ClN4O3S. The maximum atomic E-state index is 12.6. The van der Waals surface area contributed by atoms with Crippen molar-refractivity contribution >= 4 is 22.4 Å². The zero-order valence-corrected chi connectivity index (χ0v) is 16.7. The predicted octanol–water partition coefficient (Wildman–Crippen LogP) is 3.07. The zero-order chi connectivity index (χ0) is 18.9. The maximum Gasteiger partial charge on any atom is 0.258 e. The van der Waals surface area contributed by atoms with E-state index in [4.69, 9.17) is 10.3 Å². The number of nitrogens with two attached hydrogens (primary N) is 1. The molecule has 1 saturated heterocycles. The van der Waals surface area contributed by atoms with Gasteiger partial charge < -0.3 is 10.3 Å². The summed E-state index contributed by atoms with van der Waals surface area (Å²) in [4.78, 5) is 4.69. The van der Waals surface area contributed by atoms with Gasteiger partial charge in [-0.15, -0.1) is 12.4 Å². The van der Waals surface area contributed by atoms with Crippen LogP contribution in [0.25, 0.3) is 22.8 Å². The van der Waals surface area contributed by atoms with E-state index in [1.165, 1.54) is 4.31 Å². The molecule has 0 aliphatic carbocycles. The number of rotatable bonds is 5. The third kappa shape index (κ3) is 3.95. The summed E-state index contributed by atoms with van der Waals surface area (Å²) in [6.07, 6.45) is 1.82. The standard InChI is InChI=1S/C19H20N4O3S.ClH/c20-13-14-3-5-15(6-4-14)18-21-19(26-22-18)16-7-9-17(10-8-16)27(24,25)23-11-1-2-12-23;/h3-10H,1-2,11-13,20H2;1H. The fraction of sp³-hybridized carbons (Fsp3) is 0.263. The Balaban J connectivity index is 0.00000225. The van der Waals surface area contributed by atoms with Gasteiger partial charge in [0.25, 0.3) is 5.89 Å². The molecule has 1 aliphatic rings. The van der Waals surface area contributed by atoms with Gasteiger partial charge in [0.15, 0.2) is 0 Å². The van der Waals surface area contributed by atoms with Crippen LogP contribution in [-0.4, -0.2) is 36.0 Å². The summed E-state index contributed by atoms with van der Waals surface area (Å²) in [6, 6.07) is 14.2. The number of halogens is 1. The van der Waals surface area contributed by atoms with E-state index >= 15 is 0 Å². The lowest BCUT2D eigenvalue weighted by atomic mass is 10.1. The van der Waals surface area contributed by atoms with E-state index < -0.39 is 10.0 Å². The van der Waals surface area contributed by atoms with E-state index in [-0.39, 0.29) is 17.3 Å². The van der Waals surface area contributed by atoms with Gasteiger partial charge in [0, 0.05) is 30.8 Å². The second-order valence-electron chi connectivity index (χ2n) is 6.46. The SMILES string of the molecule is Cl.NCc1ccc(-c2noc(-c3ccc(S(=O)(=O)N4CCCC4)cc3)n2)cc1. The molecule has 0 spiro atoms. The number of aromatic nitrogens is 2. The molecule has 2 aromatic carbocycles. The van der Waals surface area contributed by atoms with Gasteiger partial charge in [0.2, 0.25) is 15.8 Å². The maximum absolute atomic E-state index is 12.6. The number of sulfonamides is 1. The molecule has 3 aromatic rings. The van der Waals surface area contributed by atoms with Crippen molar-refractivity contribution in [3.8, 4) is 22.8 Å². The van der Waals surface area contributed by atoms with Crippen LogP contribution >= 0.6 is 12.4 Å². The molecule has 0 atom stereocenters. The molecule has 2 N–H and O–H groups in total. The van der Waals surface area contributed by atoms with E-state index in [0.717, 1.165) is 24.0 Å². The molecule has 0 saturated carbocycles. The summed E-state index contributed by atoms with van der Waals surface area (Å²) in [6.45, 7) is 1.64. The Morgan fingerprint density at radius 3 is 2.18 bits per heavy atom. The van der Waals surface area contributed by atoms with Crippen molar-refractivity contribution in [2.24, 2.45) is 5.73 Å². The van der Waals surface area contributed by atoms with Gasteiger partial charge in [-0.1, -0.05) is 29.4 Å². The number of nitrogens with zero attached hydrogens (tertiary/aromatic N) is 3. The Bertz CT molecular complexity index is 1030. The molecule has 0 unspecified atom stereocenters. The Kier molecular flexibility index (Phi) is 6.14. The lowest BCUT2D eigenvalue weighted by Gasteiger charge is -2.15. The van der Waals surface area contributed by atoms with Crippen LogP contribution in [0.1, 0.15) is 18.4 Å². The summed E-state index contributed by atoms with van der Waals surface area (Å²) in [5.41, 5.74) is 8.13. The number of hydrogen-bond donors (Lipinski definition) is 1. The van der Waals surface area contributed by atoms with Crippen molar-refractivity contribution < 1.29 is 12.9 Å². The first kappa shape index (κ1) is 20.5. The van der Waals surface area contributed by atoms with Crippen molar-refractivity contribution in [2.75, 3.05) is 13.1 Å². The van der Waals surface area contributed by atoms with Crippen LogP contribution in [0.5, 0.6) is 0 Å². The van der Waals surface area contributed by atoms with Gasteiger partial charge in [-0.05, 0) is 42.7 Å². The molecule has 0 radical (unpaired) electrons. The summed E-state index contributed by atoms with van der Waals surface area (Å²) in [7, 11) is -3.43. The summed E-state index contributed by atoms with van der Waals surface area (Å²) >= 11 is 0. The second-order valence-corrected chi connectivity index (χ2v) is 8.40. The van der Waals surface area contributed by atoms with Crippen LogP contribution in [0.4, 0.5) is 0 Å². The Hall–Kier alpha value is -2.26. The molecular weight excluding hydrogens is 400 g/mol. The van der Waals surface area contributed by atoms with E-state index in [9.17, 15) is 8.42 Å². The minimum absolute atomic E-state index is 0. The fourth-order valence-electron chi connectivity index (χ4n) is 3.09. The van der Waals surface area contributed by atoms with Crippen LogP contribution in [0.2, 0.25) is 0 Å². The average Bonchev–Trinajstić information content (AvgIpc) is 3.41. The third-order valence-electron chi connectivity index (χ3n) is 4.68. The monoisotopic (exact) mass is 420 g/mol. The van der Waals surface area contributed by atoms with E-state index in [1.807, 2.05) is 24.3 Å². The predicted molar refractivity (Wildman–Crippen MR) is 108 cm³/mol. The summed E-state index contributed by atoms with van der Waals surface area (Å²) in [5, 5.41) is 4.01. The minimum atomic E-state index is -3.43. The van der Waals surface area contributed by atoms with Crippen LogP contribution in [0.15, 0.2) is 57.9 Å². The van der Waals surface area contributed by atoms with Crippen molar-refractivity contribution in [3.63, 3.8) is 0 Å². The first-order valence-corrected chi connectivity index (χ1v) is 10.3. The van der Waals surface area contributed by atoms with Crippen molar-refractivity contribution in [1.82, 2.24) is 14.4 Å². The molecule has 2 heterocycles. The quantitative estimate of drug-likeness (QED) is 0.680. The van der Waals surface area contributed by atoms with Gasteiger partial charge in [0.05, 0.1) is 4.90 Å². The van der Waals surface area contributed by atoms with Crippen LogP contribution in [0.3, 0.4) is 0 Å². The molecule has 9 heteroatoms. The van der Waals surface area contributed by atoms with Crippen LogP contribution in [0, 0.1) is 0 Å². The normalized spacial score (nSPS) is 14.8. The molecule has 7 nitrogen and oxygen atoms in total. The molecule has 148 valence electrons. The average molecular weight is 421 g/mol. The number of hydrogen-bond acceptors (Lipinski definition) is 6. The summed E-state index contributed by atoms with van der Waals surface area (Å²) < 4.78 is 32.0. The van der Waals surface area contributed by atoms with Crippen molar-refractivity contribution in [2.45, 2.75) is 24.3 Å². The smallest absolute Gasteiger partial charge is 0.258 e. The molecule has 0 bridgehead atoms. The summed E-state index contributed by atoms with van der Waals surface area (Å²) in [5.74, 6) is 0.820. The van der Waals surface area contributed by atoms with Gasteiger partial charge in [0.1, 0.15) is 0 Å². The number of benzene rings is 2. The molecule has 1 aromatic heterocycles. The van der Waals surface area contributed by atoms with Gasteiger partial charge >= 0.3 is 0 Å². The lowest BCUT2D eigenvalue weighted by molar-refractivity contribution is 0.432. The first-order valence-electron chi connectivity index (χ1n) is 8.81. The molecule has 28 heavy (non-hydrogen) atoms. The van der Waals surface area contributed by atoms with E-state index in [0.29, 0.717) is 36.9 Å². The van der Waals surface area contributed by atoms with Gasteiger partial charge in [-0.25, -0.2) is 8.42 Å². The lowest BCUT2D eigenvalue weighted by Crippen LogP contribution is -2.27. The largest absolute Gasteiger partial charge is 0.334 e. The Morgan fingerprint density at radius 2 is 1.57 bits per heavy atom. The van der Waals surface area contributed by atoms with E-state index in [2.05, 4.69) is 10.1 Å². The molecule has 1 fully saturated rings. The van der Waals surface area contributed by atoms with Crippen molar-refractivity contribution in [3.05, 3.63) is 54.1 Å². The fourth-order valence-corrected chi connectivity index (χ4v) is 4.61.